The molecule has 37 heavy (non-hydrogen) atoms. The van der Waals surface area contributed by atoms with Crippen LogP contribution < -0.4 is 5.32 Å². The van der Waals surface area contributed by atoms with Gasteiger partial charge in [0, 0.05) is 56.3 Å². The van der Waals surface area contributed by atoms with E-state index in [1.807, 2.05) is 46.5 Å². The maximum Gasteiger partial charge on any atom is 0.141 e. The van der Waals surface area contributed by atoms with E-state index >= 15 is 0 Å². The first-order chi connectivity index (χ1) is 18.1. The standard InChI is InChI=1S/C27H26ClN7.CH3I/c1-33-11-13-34(14-12-33)18-19-4-9-24-25(15-19)32-27(31-24)21-6-8-23(28)20(16-21)5-7-22-17-29-26-3-2-10-30-35(22)26;1-2/h2-4,6,8-10,15-17,26,29H,11-14,18H2,1H3,(H,31,32);1H3. The Balaban J connectivity index is 0.00000137. The number of imidazole rings is 1. The smallest absolute Gasteiger partial charge is 0.141 e. The summed E-state index contributed by atoms with van der Waals surface area (Å²) in [5.41, 5.74) is 5.79. The fourth-order valence-electron chi connectivity index (χ4n) is 4.54. The highest BCUT2D eigenvalue weighted by Crippen LogP contribution is 2.26. The Morgan fingerprint density at radius 1 is 1.08 bits per heavy atom. The Bertz CT molecular complexity index is 1420. The lowest BCUT2D eigenvalue weighted by molar-refractivity contribution is 0.148. The quantitative estimate of drug-likeness (QED) is 0.252. The lowest BCUT2D eigenvalue weighted by atomic mass is 10.1. The van der Waals surface area contributed by atoms with Crippen LogP contribution in [0.15, 0.2) is 65.5 Å². The van der Waals surface area contributed by atoms with Gasteiger partial charge in [-0.05, 0) is 65.9 Å². The van der Waals surface area contributed by atoms with Gasteiger partial charge < -0.3 is 15.2 Å². The lowest BCUT2D eigenvalue weighted by Gasteiger charge is -2.32. The number of alkyl halides is 1. The fourth-order valence-corrected chi connectivity index (χ4v) is 4.70. The van der Waals surface area contributed by atoms with Crippen LogP contribution in [0.5, 0.6) is 0 Å². The first-order valence-corrected chi connectivity index (χ1v) is 14.7. The van der Waals surface area contributed by atoms with E-state index < -0.39 is 0 Å². The van der Waals surface area contributed by atoms with E-state index in [0.29, 0.717) is 5.02 Å². The molecule has 6 rings (SSSR count). The third kappa shape index (κ3) is 5.85. The van der Waals surface area contributed by atoms with Gasteiger partial charge in [0.2, 0.25) is 0 Å². The van der Waals surface area contributed by atoms with Crippen molar-refractivity contribution in [3.63, 3.8) is 0 Å². The van der Waals surface area contributed by atoms with E-state index in [9.17, 15) is 0 Å². The number of hydrogen-bond donors (Lipinski definition) is 2. The number of hydrogen-bond acceptors (Lipinski definition) is 6. The highest BCUT2D eigenvalue weighted by Gasteiger charge is 2.23. The average molecular weight is 626 g/mol. The number of likely N-dealkylation sites (N-methyl/N-ethyl adjacent to an activating group) is 1. The first-order valence-electron chi connectivity index (χ1n) is 12.2. The van der Waals surface area contributed by atoms with Crippen molar-refractivity contribution in [3.05, 3.63) is 76.6 Å². The van der Waals surface area contributed by atoms with Crippen molar-refractivity contribution in [1.82, 2.24) is 30.1 Å². The minimum atomic E-state index is 0.0165. The SMILES string of the molecule is CI.CN1CCN(Cc2ccc3nc(-c4ccc(Cl)c(C#CC5=CNC6C=CC=NN56)c4)[nH]c3c2)CC1. The summed E-state index contributed by atoms with van der Waals surface area (Å²) >= 11 is 8.63. The molecule has 2 aromatic carbocycles. The molecule has 1 unspecified atom stereocenters. The molecular weight excluding hydrogens is 597 g/mol. The normalized spacial score (nSPS) is 19.0. The molecule has 1 saturated heterocycles. The van der Waals surface area contributed by atoms with Crippen molar-refractivity contribution < 1.29 is 0 Å². The number of aromatic amines is 1. The van der Waals surface area contributed by atoms with Gasteiger partial charge in [0.05, 0.1) is 16.1 Å². The third-order valence-electron chi connectivity index (χ3n) is 6.59. The molecule has 3 aliphatic heterocycles. The van der Waals surface area contributed by atoms with Gasteiger partial charge in [0.25, 0.3) is 0 Å². The van der Waals surface area contributed by atoms with Crippen LogP contribution in [-0.4, -0.2) is 75.3 Å². The van der Waals surface area contributed by atoms with Gasteiger partial charge in [-0.2, -0.15) is 5.10 Å². The molecule has 0 spiro atoms. The largest absolute Gasteiger partial charge is 0.364 e. The summed E-state index contributed by atoms with van der Waals surface area (Å²) in [4.78, 5) is 15.2. The summed E-state index contributed by atoms with van der Waals surface area (Å²) in [6.07, 6.45) is 7.60. The summed E-state index contributed by atoms with van der Waals surface area (Å²) in [6.45, 7) is 5.41. The molecule has 0 bridgehead atoms. The van der Waals surface area contributed by atoms with Crippen molar-refractivity contribution in [2.24, 2.45) is 5.10 Å². The highest BCUT2D eigenvalue weighted by molar-refractivity contribution is 14.1. The molecule has 3 aliphatic rings. The number of nitrogens with one attached hydrogen (secondary N) is 2. The number of fused-ring (bicyclic) bond motifs is 2. The van der Waals surface area contributed by atoms with Crippen molar-refractivity contribution in [2.75, 3.05) is 38.2 Å². The number of halogens is 2. The van der Waals surface area contributed by atoms with E-state index in [0.717, 1.165) is 66.4 Å². The van der Waals surface area contributed by atoms with Gasteiger partial charge in [-0.25, -0.2) is 9.99 Å². The zero-order valence-corrected chi connectivity index (χ0v) is 23.8. The second kappa shape index (κ2) is 11.7. The van der Waals surface area contributed by atoms with Crippen LogP contribution in [0.25, 0.3) is 22.4 Å². The Labute approximate surface area is 236 Å². The van der Waals surface area contributed by atoms with Gasteiger partial charge >= 0.3 is 0 Å². The summed E-state index contributed by atoms with van der Waals surface area (Å²) in [6, 6.07) is 12.3. The van der Waals surface area contributed by atoms with Gasteiger partial charge in [-0.3, -0.25) is 4.90 Å². The Kier molecular flexibility index (Phi) is 8.15. The fraction of sp³-hybridized carbons (Fsp3) is 0.286. The maximum absolute atomic E-state index is 6.48. The van der Waals surface area contributed by atoms with Crippen LogP contribution >= 0.6 is 34.2 Å². The van der Waals surface area contributed by atoms with E-state index in [1.54, 1.807) is 6.21 Å². The number of H-pyrrole nitrogens is 1. The summed E-state index contributed by atoms with van der Waals surface area (Å²) in [7, 11) is 2.18. The summed E-state index contributed by atoms with van der Waals surface area (Å²) in [5, 5.41) is 10.1. The first kappa shape index (κ1) is 25.8. The van der Waals surface area contributed by atoms with E-state index in [2.05, 4.69) is 84.9 Å². The maximum atomic E-state index is 6.48. The molecule has 1 aromatic heterocycles. The average Bonchev–Trinajstić information content (AvgIpc) is 3.55. The monoisotopic (exact) mass is 625 g/mol. The van der Waals surface area contributed by atoms with Crippen molar-refractivity contribution in [3.8, 4) is 23.2 Å². The third-order valence-corrected chi connectivity index (χ3v) is 6.91. The molecule has 1 atom stereocenters. The van der Waals surface area contributed by atoms with Crippen LogP contribution in [0.1, 0.15) is 11.1 Å². The number of allylic oxidation sites excluding steroid dienone is 2. The summed E-state index contributed by atoms with van der Waals surface area (Å²) in [5.74, 6) is 7.21. The second-order valence-corrected chi connectivity index (χ2v) is 9.50. The predicted octanol–water partition coefficient (Wildman–Crippen LogP) is 4.66. The Morgan fingerprint density at radius 3 is 2.76 bits per heavy atom. The molecule has 0 radical (unpaired) electrons. The van der Waals surface area contributed by atoms with Crippen LogP contribution in [0.4, 0.5) is 0 Å². The van der Waals surface area contributed by atoms with Gasteiger partial charge in [-0.15, -0.1) is 0 Å². The Hall–Kier alpha value is -2.84. The molecule has 9 heteroatoms. The zero-order chi connectivity index (χ0) is 25.8. The second-order valence-electron chi connectivity index (χ2n) is 9.10. The number of hydrazone groups is 1. The van der Waals surface area contributed by atoms with Crippen molar-refractivity contribution in [1.29, 1.82) is 0 Å². The molecule has 0 aliphatic carbocycles. The molecule has 0 amide bonds. The molecule has 1 fully saturated rings. The van der Waals surface area contributed by atoms with E-state index in [1.165, 1.54) is 5.56 Å². The molecule has 190 valence electrons. The molecule has 3 aromatic rings. The van der Waals surface area contributed by atoms with E-state index in [4.69, 9.17) is 16.6 Å². The topological polar surface area (TPSA) is 62.8 Å². The minimum Gasteiger partial charge on any atom is -0.364 e. The zero-order valence-electron chi connectivity index (χ0n) is 20.9. The summed E-state index contributed by atoms with van der Waals surface area (Å²) < 4.78 is 0. The van der Waals surface area contributed by atoms with Crippen molar-refractivity contribution in [2.45, 2.75) is 12.7 Å². The molecule has 7 nitrogen and oxygen atoms in total. The van der Waals surface area contributed by atoms with Gasteiger partial charge in [-0.1, -0.05) is 46.2 Å². The van der Waals surface area contributed by atoms with Crippen LogP contribution in [0.3, 0.4) is 0 Å². The van der Waals surface area contributed by atoms with Crippen molar-refractivity contribution >= 4 is 51.4 Å². The number of rotatable bonds is 3. The van der Waals surface area contributed by atoms with Gasteiger partial charge in [0.1, 0.15) is 17.7 Å². The Morgan fingerprint density at radius 2 is 1.92 bits per heavy atom. The number of benzene rings is 2. The van der Waals surface area contributed by atoms with Crippen LogP contribution in [0.2, 0.25) is 5.02 Å². The molecule has 2 N–H and O–H groups in total. The molecule has 0 saturated carbocycles. The van der Waals surface area contributed by atoms with Crippen LogP contribution in [0, 0.1) is 11.8 Å². The number of piperazine rings is 1. The minimum absolute atomic E-state index is 0.0165. The number of aromatic nitrogens is 2. The number of nitrogens with zero attached hydrogens (tertiary/aromatic N) is 5. The van der Waals surface area contributed by atoms with Gasteiger partial charge in [0.15, 0.2) is 0 Å². The molecule has 4 heterocycles. The van der Waals surface area contributed by atoms with E-state index in [-0.39, 0.29) is 6.17 Å². The van der Waals surface area contributed by atoms with Crippen LogP contribution in [-0.2, 0) is 6.54 Å². The molecular formula is C28H29ClIN7. The predicted molar refractivity (Wildman–Crippen MR) is 161 cm³/mol. The highest BCUT2D eigenvalue weighted by atomic mass is 127. The lowest BCUT2D eigenvalue weighted by Crippen LogP contribution is -2.43.